The first-order valence-electron chi connectivity index (χ1n) is 9.72. The predicted octanol–water partition coefficient (Wildman–Crippen LogP) is 3.91. The van der Waals surface area contributed by atoms with Gasteiger partial charge < -0.3 is 19.0 Å². The molecule has 10 heteroatoms. The maximum Gasteiger partial charge on any atom is 0.234 e. The van der Waals surface area contributed by atoms with Crippen LogP contribution in [0.1, 0.15) is 0 Å². The summed E-state index contributed by atoms with van der Waals surface area (Å²) in [6.07, 6.45) is 4.80. The lowest BCUT2D eigenvalue weighted by Crippen LogP contribution is -2.15. The molecule has 3 aromatic heterocycles. The molecule has 0 saturated carbocycles. The molecule has 0 aliphatic carbocycles. The highest BCUT2D eigenvalue weighted by Gasteiger charge is 2.16. The van der Waals surface area contributed by atoms with Gasteiger partial charge in [0.25, 0.3) is 0 Å². The van der Waals surface area contributed by atoms with Crippen molar-refractivity contribution in [2.75, 3.05) is 18.2 Å². The average molecular weight is 446 g/mol. The van der Waals surface area contributed by atoms with Crippen LogP contribution in [0.25, 0.3) is 33.5 Å². The van der Waals surface area contributed by atoms with Crippen LogP contribution < -0.4 is 10.1 Å². The number of benzene rings is 2. The van der Waals surface area contributed by atoms with Crippen molar-refractivity contribution in [3.05, 3.63) is 55.0 Å². The van der Waals surface area contributed by atoms with Gasteiger partial charge in [0.2, 0.25) is 5.91 Å². The van der Waals surface area contributed by atoms with Crippen LogP contribution >= 0.6 is 11.8 Å². The molecule has 0 radical (unpaired) electrons. The zero-order valence-electron chi connectivity index (χ0n) is 17.3. The summed E-state index contributed by atoms with van der Waals surface area (Å²) >= 11 is 1.28. The first kappa shape index (κ1) is 20.0. The van der Waals surface area contributed by atoms with Crippen LogP contribution in [0.4, 0.5) is 5.69 Å². The number of thioether (sulfide) groups is 1. The second kappa shape index (κ2) is 8.31. The van der Waals surface area contributed by atoms with Gasteiger partial charge in [0.05, 0.1) is 24.7 Å². The van der Waals surface area contributed by atoms with Crippen molar-refractivity contribution in [1.29, 1.82) is 0 Å². The number of ether oxygens (including phenoxy) is 1. The van der Waals surface area contributed by atoms with Crippen molar-refractivity contribution in [3.63, 3.8) is 0 Å². The number of para-hydroxylation sites is 1. The quantitative estimate of drug-likeness (QED) is 0.391. The van der Waals surface area contributed by atoms with E-state index >= 15 is 0 Å². The number of anilines is 1. The number of nitrogens with zero attached hydrogens (tertiary/aromatic N) is 5. The Morgan fingerprint density at radius 1 is 1.16 bits per heavy atom. The molecule has 5 rings (SSSR count). The number of fused-ring (bicyclic) bond motifs is 3. The number of furan rings is 1. The Hall–Kier alpha value is -3.92. The van der Waals surface area contributed by atoms with Gasteiger partial charge in [-0.2, -0.15) is 0 Å². The van der Waals surface area contributed by atoms with Crippen LogP contribution in [0, 0.1) is 0 Å². The largest absolute Gasteiger partial charge is 0.495 e. The lowest BCUT2D eigenvalue weighted by atomic mass is 10.1. The Morgan fingerprint density at radius 3 is 2.84 bits per heavy atom. The third-order valence-electron chi connectivity index (χ3n) is 4.93. The molecular weight excluding hydrogens is 428 g/mol. The molecule has 0 unspecified atom stereocenters. The number of amides is 1. The van der Waals surface area contributed by atoms with Gasteiger partial charge in [-0.25, -0.2) is 4.98 Å². The zero-order chi connectivity index (χ0) is 22.1. The number of carbonyl (C=O) groups excluding carboxylic acids is 1. The van der Waals surface area contributed by atoms with Crippen LogP contribution in [0.15, 0.2) is 64.6 Å². The maximum absolute atomic E-state index is 12.7. The first-order valence-corrected chi connectivity index (χ1v) is 10.7. The van der Waals surface area contributed by atoms with E-state index in [0.717, 1.165) is 16.4 Å². The number of carbonyl (C=O) groups is 1. The van der Waals surface area contributed by atoms with Crippen LogP contribution in [0.3, 0.4) is 0 Å². The van der Waals surface area contributed by atoms with E-state index in [1.54, 1.807) is 36.3 Å². The number of hydrogen-bond acceptors (Lipinski definition) is 8. The summed E-state index contributed by atoms with van der Waals surface area (Å²) in [7, 11) is 3.39. The van der Waals surface area contributed by atoms with Gasteiger partial charge in [0, 0.05) is 36.3 Å². The molecule has 9 nitrogen and oxygen atoms in total. The van der Waals surface area contributed by atoms with Crippen molar-refractivity contribution < 1.29 is 13.9 Å². The molecule has 1 amide bonds. The summed E-state index contributed by atoms with van der Waals surface area (Å²) in [4.78, 5) is 20.9. The fourth-order valence-electron chi connectivity index (χ4n) is 3.41. The molecular formula is C22H18N6O3S. The third kappa shape index (κ3) is 3.65. The van der Waals surface area contributed by atoms with E-state index < -0.39 is 0 Å². The predicted molar refractivity (Wildman–Crippen MR) is 122 cm³/mol. The molecule has 2 aromatic carbocycles. The number of aromatic nitrogens is 5. The zero-order valence-corrected chi connectivity index (χ0v) is 18.1. The Kier molecular flexibility index (Phi) is 5.20. The SMILES string of the molecule is COc1cc2c(cc1NC(=O)CSc1nnc(-c3cnccn3)n1C)oc1ccccc12. The maximum atomic E-state index is 12.7. The fourth-order valence-corrected chi connectivity index (χ4v) is 4.12. The van der Waals surface area contributed by atoms with Crippen LogP contribution in [-0.4, -0.2) is 43.5 Å². The highest BCUT2D eigenvalue weighted by molar-refractivity contribution is 7.99. The van der Waals surface area contributed by atoms with E-state index in [-0.39, 0.29) is 11.7 Å². The number of nitrogens with one attached hydrogen (secondary N) is 1. The number of methoxy groups -OCH3 is 1. The summed E-state index contributed by atoms with van der Waals surface area (Å²) in [5, 5.41) is 13.7. The minimum Gasteiger partial charge on any atom is -0.495 e. The van der Waals surface area contributed by atoms with E-state index in [4.69, 9.17) is 9.15 Å². The van der Waals surface area contributed by atoms with E-state index in [2.05, 4.69) is 25.5 Å². The van der Waals surface area contributed by atoms with E-state index in [0.29, 0.717) is 33.7 Å². The van der Waals surface area contributed by atoms with Crippen molar-refractivity contribution >= 4 is 45.3 Å². The summed E-state index contributed by atoms with van der Waals surface area (Å²) in [5.41, 5.74) is 2.62. The molecule has 0 aliphatic heterocycles. The molecule has 3 heterocycles. The molecule has 0 fully saturated rings. The summed E-state index contributed by atoms with van der Waals surface area (Å²) in [5.74, 6) is 1.09. The molecule has 32 heavy (non-hydrogen) atoms. The van der Waals surface area contributed by atoms with Gasteiger partial charge in [-0.3, -0.25) is 9.78 Å². The Balaban J connectivity index is 1.33. The Bertz CT molecular complexity index is 1430. The summed E-state index contributed by atoms with van der Waals surface area (Å²) < 4.78 is 13.2. The van der Waals surface area contributed by atoms with Gasteiger partial charge in [0.15, 0.2) is 11.0 Å². The molecule has 5 aromatic rings. The van der Waals surface area contributed by atoms with Gasteiger partial charge in [-0.1, -0.05) is 30.0 Å². The summed E-state index contributed by atoms with van der Waals surface area (Å²) in [6.45, 7) is 0. The molecule has 0 aliphatic rings. The van der Waals surface area contributed by atoms with Crippen molar-refractivity contribution in [2.24, 2.45) is 7.05 Å². The lowest BCUT2D eigenvalue weighted by Gasteiger charge is -2.10. The van der Waals surface area contributed by atoms with Gasteiger partial charge in [0.1, 0.15) is 22.6 Å². The average Bonchev–Trinajstić information content (AvgIpc) is 3.37. The van der Waals surface area contributed by atoms with Crippen LogP contribution in [0.5, 0.6) is 5.75 Å². The molecule has 0 bridgehead atoms. The lowest BCUT2D eigenvalue weighted by molar-refractivity contribution is -0.113. The van der Waals surface area contributed by atoms with E-state index in [9.17, 15) is 4.79 Å². The van der Waals surface area contributed by atoms with Gasteiger partial charge in [-0.15, -0.1) is 10.2 Å². The molecule has 0 saturated heterocycles. The Morgan fingerprint density at radius 2 is 2.03 bits per heavy atom. The molecule has 0 spiro atoms. The monoisotopic (exact) mass is 446 g/mol. The minimum absolute atomic E-state index is 0.147. The second-order valence-electron chi connectivity index (χ2n) is 6.94. The highest BCUT2D eigenvalue weighted by Crippen LogP contribution is 2.36. The molecule has 1 N–H and O–H groups in total. The molecule has 160 valence electrons. The van der Waals surface area contributed by atoms with Crippen molar-refractivity contribution in [3.8, 4) is 17.3 Å². The van der Waals surface area contributed by atoms with Crippen LogP contribution in [0.2, 0.25) is 0 Å². The highest BCUT2D eigenvalue weighted by atomic mass is 32.2. The third-order valence-corrected chi connectivity index (χ3v) is 5.95. The van der Waals surface area contributed by atoms with Crippen LogP contribution in [-0.2, 0) is 11.8 Å². The Labute approximate surface area is 186 Å². The van der Waals surface area contributed by atoms with Crippen molar-refractivity contribution in [2.45, 2.75) is 5.16 Å². The van der Waals surface area contributed by atoms with Crippen molar-refractivity contribution in [1.82, 2.24) is 24.7 Å². The normalized spacial score (nSPS) is 11.2. The van der Waals surface area contributed by atoms with Gasteiger partial charge in [-0.05, 0) is 12.1 Å². The number of rotatable bonds is 6. The topological polar surface area (TPSA) is 108 Å². The van der Waals surface area contributed by atoms with Gasteiger partial charge >= 0.3 is 0 Å². The second-order valence-corrected chi connectivity index (χ2v) is 7.88. The molecule has 0 atom stereocenters. The minimum atomic E-state index is -0.201. The smallest absolute Gasteiger partial charge is 0.234 e. The first-order chi connectivity index (χ1) is 15.6. The van der Waals surface area contributed by atoms with E-state index in [1.165, 1.54) is 11.8 Å². The van der Waals surface area contributed by atoms with E-state index in [1.807, 2.05) is 37.4 Å². The fraction of sp³-hybridized carbons (Fsp3) is 0.136. The standard InChI is InChI=1S/C22H18N6O3S/c1-28-21(16-11-23-7-8-24-16)26-27-22(28)32-12-20(29)25-15-10-18-14(9-19(15)30-2)13-5-3-4-6-17(13)31-18/h3-11H,12H2,1-2H3,(H,25,29). The number of hydrogen-bond donors (Lipinski definition) is 1. The summed E-state index contributed by atoms with van der Waals surface area (Å²) in [6, 6.07) is 11.4.